The molecule has 27 heavy (non-hydrogen) atoms. The van der Waals surface area contributed by atoms with Gasteiger partial charge in [-0.15, -0.1) is 11.3 Å². The summed E-state index contributed by atoms with van der Waals surface area (Å²) in [6.45, 7) is 4.35. The first-order valence-corrected chi connectivity index (χ1v) is 9.64. The number of benzene rings is 2. The van der Waals surface area contributed by atoms with Crippen LogP contribution >= 0.6 is 11.3 Å². The van der Waals surface area contributed by atoms with Gasteiger partial charge < -0.3 is 14.8 Å². The number of para-hydroxylation sites is 1. The molecule has 0 aliphatic rings. The number of rotatable bonds is 8. The zero-order valence-electron chi connectivity index (χ0n) is 15.3. The first kappa shape index (κ1) is 18.9. The predicted molar refractivity (Wildman–Crippen MR) is 107 cm³/mol. The fraction of sp³-hybridized carbons (Fsp3) is 0.238. The molecule has 0 fully saturated rings. The molecule has 0 radical (unpaired) electrons. The average Bonchev–Trinajstić information content (AvgIpc) is 3.09. The van der Waals surface area contributed by atoms with Gasteiger partial charge in [-0.05, 0) is 50.2 Å². The van der Waals surface area contributed by atoms with Gasteiger partial charge in [0.25, 0.3) is 0 Å². The van der Waals surface area contributed by atoms with Crippen LogP contribution in [-0.4, -0.2) is 17.0 Å². The summed E-state index contributed by atoms with van der Waals surface area (Å²) in [5.74, 6) is 1.48. The van der Waals surface area contributed by atoms with Gasteiger partial charge in [0.05, 0.1) is 18.2 Å². The van der Waals surface area contributed by atoms with Gasteiger partial charge in [0.1, 0.15) is 23.1 Å². The van der Waals surface area contributed by atoms with Crippen molar-refractivity contribution in [1.29, 1.82) is 0 Å². The zero-order valence-corrected chi connectivity index (χ0v) is 16.2. The minimum Gasteiger partial charge on any atom is -0.491 e. The number of aromatic nitrogens is 1. The van der Waals surface area contributed by atoms with Crippen LogP contribution < -0.4 is 14.8 Å². The molecule has 1 heterocycles. The second-order valence-corrected chi connectivity index (χ2v) is 7.19. The molecule has 0 aliphatic carbocycles. The van der Waals surface area contributed by atoms with Crippen molar-refractivity contribution in [2.75, 3.05) is 5.32 Å². The summed E-state index contributed by atoms with van der Waals surface area (Å²) in [7, 11) is 0. The Bertz CT molecular complexity index is 861. The lowest BCUT2D eigenvalue weighted by Gasteiger charge is -2.10. The summed E-state index contributed by atoms with van der Waals surface area (Å²) in [6.07, 6.45) is 0.349. The number of anilines is 1. The van der Waals surface area contributed by atoms with Crippen molar-refractivity contribution in [2.24, 2.45) is 0 Å². The second-order valence-electron chi connectivity index (χ2n) is 6.25. The van der Waals surface area contributed by atoms with Crippen molar-refractivity contribution < 1.29 is 14.3 Å². The largest absolute Gasteiger partial charge is 0.491 e. The Hall–Kier alpha value is -2.86. The normalized spacial score (nSPS) is 10.6. The van der Waals surface area contributed by atoms with Crippen LogP contribution in [-0.2, 0) is 17.8 Å². The van der Waals surface area contributed by atoms with Crippen molar-refractivity contribution in [2.45, 2.75) is 33.0 Å². The molecular weight excluding hydrogens is 360 g/mol. The molecule has 0 saturated heterocycles. The maximum absolute atomic E-state index is 12.2. The highest BCUT2D eigenvalue weighted by Gasteiger charge is 2.09. The molecule has 5 nitrogen and oxygen atoms in total. The van der Waals surface area contributed by atoms with E-state index in [1.54, 1.807) is 0 Å². The number of nitrogens with zero attached hydrogens (tertiary/aromatic N) is 1. The molecule has 1 aromatic heterocycles. The minimum absolute atomic E-state index is 0.103. The lowest BCUT2D eigenvalue weighted by Crippen LogP contribution is -2.14. The number of carbonyl (C=O) groups is 1. The highest BCUT2D eigenvalue weighted by atomic mass is 32.1. The smallest absolute Gasteiger partial charge is 0.230 e. The van der Waals surface area contributed by atoms with Crippen LogP contribution in [0, 0.1) is 0 Å². The minimum atomic E-state index is -0.103. The highest BCUT2D eigenvalue weighted by Crippen LogP contribution is 2.18. The van der Waals surface area contributed by atoms with Crippen LogP contribution in [0.15, 0.2) is 60.0 Å². The van der Waals surface area contributed by atoms with Crippen molar-refractivity contribution >= 4 is 22.9 Å². The van der Waals surface area contributed by atoms with Gasteiger partial charge in [-0.25, -0.2) is 4.98 Å². The first-order chi connectivity index (χ1) is 13.1. The third-order valence-corrected chi connectivity index (χ3v) is 4.43. The maximum Gasteiger partial charge on any atom is 0.230 e. The van der Waals surface area contributed by atoms with E-state index in [0.29, 0.717) is 6.61 Å². The van der Waals surface area contributed by atoms with Gasteiger partial charge in [0.15, 0.2) is 0 Å². The number of hydrogen-bond donors (Lipinski definition) is 1. The molecule has 0 unspecified atom stereocenters. The molecular formula is C21H22N2O3S. The SMILES string of the molecule is CC(C)Oc1ccc(NC(=O)Cc2csc(COc3ccccc3)n2)cc1. The van der Waals surface area contributed by atoms with Crippen molar-refractivity contribution in [3.05, 3.63) is 70.7 Å². The van der Waals surface area contributed by atoms with Crippen molar-refractivity contribution in [3.63, 3.8) is 0 Å². The molecule has 1 amide bonds. The van der Waals surface area contributed by atoms with Crippen molar-refractivity contribution in [3.8, 4) is 11.5 Å². The Kier molecular flexibility index (Phi) is 6.44. The van der Waals surface area contributed by atoms with Crippen LogP contribution in [0.4, 0.5) is 5.69 Å². The molecule has 0 spiro atoms. The van der Waals surface area contributed by atoms with E-state index in [4.69, 9.17) is 9.47 Å². The topological polar surface area (TPSA) is 60.5 Å². The number of carbonyl (C=O) groups excluding carboxylic acids is 1. The quantitative estimate of drug-likeness (QED) is 0.614. The molecule has 0 aliphatic heterocycles. The van der Waals surface area contributed by atoms with E-state index in [2.05, 4.69) is 10.3 Å². The van der Waals surface area contributed by atoms with Crippen LogP contribution in [0.1, 0.15) is 24.5 Å². The molecule has 6 heteroatoms. The van der Waals surface area contributed by atoms with E-state index >= 15 is 0 Å². The van der Waals surface area contributed by atoms with Gasteiger partial charge in [-0.1, -0.05) is 18.2 Å². The van der Waals surface area contributed by atoms with E-state index in [0.717, 1.165) is 27.9 Å². The summed E-state index contributed by atoms with van der Waals surface area (Å²) >= 11 is 1.49. The fourth-order valence-electron chi connectivity index (χ4n) is 2.42. The summed E-state index contributed by atoms with van der Waals surface area (Å²) in [5, 5.41) is 5.61. The summed E-state index contributed by atoms with van der Waals surface area (Å²) in [6, 6.07) is 16.9. The van der Waals surface area contributed by atoms with Crippen molar-refractivity contribution in [1.82, 2.24) is 4.98 Å². The number of amides is 1. The monoisotopic (exact) mass is 382 g/mol. The van der Waals surface area contributed by atoms with Gasteiger partial charge >= 0.3 is 0 Å². The standard InChI is InChI=1S/C21H22N2O3S/c1-15(2)26-19-10-8-16(9-11-19)22-20(24)12-17-14-27-21(23-17)13-25-18-6-4-3-5-7-18/h3-11,14-15H,12-13H2,1-2H3,(H,22,24). The Morgan fingerprint density at radius 2 is 1.81 bits per heavy atom. The first-order valence-electron chi connectivity index (χ1n) is 8.76. The van der Waals surface area contributed by atoms with E-state index in [1.165, 1.54) is 11.3 Å². The van der Waals surface area contributed by atoms with Gasteiger partial charge in [-0.2, -0.15) is 0 Å². The lowest BCUT2D eigenvalue weighted by atomic mass is 10.2. The van der Waals surface area contributed by atoms with E-state index in [1.807, 2.05) is 73.8 Å². The molecule has 3 aromatic rings. The molecule has 0 bridgehead atoms. The summed E-state index contributed by atoms with van der Waals surface area (Å²) < 4.78 is 11.3. The molecule has 3 rings (SSSR count). The van der Waals surface area contributed by atoms with Crippen LogP contribution in [0.2, 0.25) is 0 Å². The van der Waals surface area contributed by atoms with E-state index in [9.17, 15) is 4.79 Å². The van der Waals surface area contributed by atoms with Gasteiger partial charge in [-0.3, -0.25) is 4.79 Å². The number of thiazole rings is 1. The fourth-order valence-corrected chi connectivity index (χ4v) is 3.12. The van der Waals surface area contributed by atoms with E-state index < -0.39 is 0 Å². The van der Waals surface area contributed by atoms with Crippen LogP contribution in [0.5, 0.6) is 11.5 Å². The maximum atomic E-state index is 12.2. The highest BCUT2D eigenvalue weighted by molar-refractivity contribution is 7.09. The molecule has 1 N–H and O–H groups in total. The molecule has 140 valence electrons. The van der Waals surface area contributed by atoms with Gasteiger partial charge in [0, 0.05) is 11.1 Å². The Morgan fingerprint density at radius 3 is 2.52 bits per heavy atom. The van der Waals surface area contributed by atoms with E-state index in [-0.39, 0.29) is 18.4 Å². The predicted octanol–water partition coefficient (Wildman–Crippen LogP) is 4.69. The van der Waals surface area contributed by atoms with Crippen LogP contribution in [0.25, 0.3) is 0 Å². The Morgan fingerprint density at radius 1 is 1.07 bits per heavy atom. The molecule has 2 aromatic carbocycles. The Labute approximate surface area is 163 Å². The number of hydrogen-bond acceptors (Lipinski definition) is 5. The van der Waals surface area contributed by atoms with Gasteiger partial charge in [0.2, 0.25) is 5.91 Å². The Balaban J connectivity index is 1.48. The van der Waals surface area contributed by atoms with Crippen LogP contribution in [0.3, 0.4) is 0 Å². The zero-order chi connectivity index (χ0) is 19.1. The third-order valence-electron chi connectivity index (χ3n) is 3.56. The third kappa shape index (κ3) is 6.11. The second kappa shape index (κ2) is 9.19. The molecule has 0 saturated carbocycles. The lowest BCUT2D eigenvalue weighted by molar-refractivity contribution is -0.115. The number of nitrogens with one attached hydrogen (secondary N) is 1. The average molecular weight is 382 g/mol. The summed E-state index contributed by atoms with van der Waals surface area (Å²) in [4.78, 5) is 16.7. The molecule has 0 atom stereocenters. The number of ether oxygens (including phenoxy) is 2. The summed E-state index contributed by atoms with van der Waals surface area (Å²) in [5.41, 5.74) is 1.47.